The van der Waals surface area contributed by atoms with Gasteiger partial charge in [-0.25, -0.2) is 0 Å². The van der Waals surface area contributed by atoms with Gasteiger partial charge >= 0.3 is 5.97 Å². The third-order valence-electron chi connectivity index (χ3n) is 3.46. The first-order valence-corrected chi connectivity index (χ1v) is 8.00. The van der Waals surface area contributed by atoms with E-state index in [2.05, 4.69) is 5.32 Å². The number of rotatable bonds is 9. The van der Waals surface area contributed by atoms with Crippen molar-refractivity contribution in [2.24, 2.45) is 0 Å². The van der Waals surface area contributed by atoms with Gasteiger partial charge in [0.2, 0.25) is 5.91 Å². The average Bonchev–Trinajstić information content (AvgIpc) is 2.60. The summed E-state index contributed by atoms with van der Waals surface area (Å²) in [6, 6.07) is 14.3. The molecule has 2 aromatic carbocycles. The van der Waals surface area contributed by atoms with Crippen LogP contribution in [-0.4, -0.2) is 24.1 Å². The Balaban J connectivity index is 1.82. The molecule has 6 heteroatoms. The van der Waals surface area contributed by atoms with Crippen LogP contribution in [0.15, 0.2) is 48.5 Å². The summed E-state index contributed by atoms with van der Waals surface area (Å²) >= 11 is 0. The number of methoxy groups -OCH3 is 1. The minimum Gasteiger partial charge on any atom is -0.497 e. The molecule has 0 heterocycles. The first-order valence-electron chi connectivity index (χ1n) is 8.00. The first kappa shape index (κ1) is 18.3. The standard InChI is InChI=1S/C19H21NO5/c1-24-16-5-4-6-17(13-16)25-15-11-9-14(10-12-15)20-18(21)7-2-3-8-19(22)23/h4-6,9-13H,2-3,7-8H2,1H3,(H,20,21)(H,22,23). The van der Waals surface area contributed by atoms with E-state index in [0.29, 0.717) is 42.2 Å². The van der Waals surface area contributed by atoms with Crippen molar-refractivity contribution >= 4 is 17.6 Å². The van der Waals surface area contributed by atoms with Crippen LogP contribution in [0.5, 0.6) is 17.2 Å². The molecule has 0 saturated heterocycles. The number of benzene rings is 2. The van der Waals surface area contributed by atoms with Gasteiger partial charge in [0, 0.05) is 24.6 Å². The molecular weight excluding hydrogens is 322 g/mol. The number of amides is 1. The summed E-state index contributed by atoms with van der Waals surface area (Å²) in [6.45, 7) is 0. The van der Waals surface area contributed by atoms with E-state index >= 15 is 0 Å². The molecule has 0 spiro atoms. The van der Waals surface area contributed by atoms with Crippen LogP contribution in [0.4, 0.5) is 5.69 Å². The molecule has 1 amide bonds. The molecule has 2 aromatic rings. The highest BCUT2D eigenvalue weighted by Crippen LogP contribution is 2.26. The van der Waals surface area contributed by atoms with Crippen molar-refractivity contribution in [3.05, 3.63) is 48.5 Å². The minimum atomic E-state index is -0.841. The van der Waals surface area contributed by atoms with Gasteiger partial charge in [-0.05, 0) is 49.2 Å². The molecular formula is C19H21NO5. The van der Waals surface area contributed by atoms with E-state index in [0.717, 1.165) is 0 Å². The monoisotopic (exact) mass is 343 g/mol. The summed E-state index contributed by atoms with van der Waals surface area (Å²) < 4.78 is 10.9. The number of unbranched alkanes of at least 4 members (excludes halogenated alkanes) is 1. The van der Waals surface area contributed by atoms with Crippen molar-refractivity contribution in [2.45, 2.75) is 25.7 Å². The van der Waals surface area contributed by atoms with Gasteiger partial charge in [-0.3, -0.25) is 9.59 Å². The molecule has 0 aliphatic carbocycles. The van der Waals surface area contributed by atoms with E-state index in [1.807, 2.05) is 18.2 Å². The number of aliphatic carboxylic acids is 1. The fourth-order valence-electron chi connectivity index (χ4n) is 2.19. The Morgan fingerprint density at radius 1 is 0.960 bits per heavy atom. The zero-order valence-electron chi connectivity index (χ0n) is 14.0. The summed E-state index contributed by atoms with van der Waals surface area (Å²) in [4.78, 5) is 22.2. The van der Waals surface area contributed by atoms with Crippen molar-refractivity contribution in [3.8, 4) is 17.2 Å². The Hall–Kier alpha value is -3.02. The van der Waals surface area contributed by atoms with E-state index < -0.39 is 5.97 Å². The Morgan fingerprint density at radius 3 is 2.32 bits per heavy atom. The lowest BCUT2D eigenvalue weighted by atomic mass is 10.2. The van der Waals surface area contributed by atoms with Gasteiger partial charge in [-0.15, -0.1) is 0 Å². The van der Waals surface area contributed by atoms with E-state index in [1.54, 1.807) is 37.4 Å². The largest absolute Gasteiger partial charge is 0.497 e. The molecule has 6 nitrogen and oxygen atoms in total. The molecule has 2 rings (SSSR count). The molecule has 2 N–H and O–H groups in total. The summed E-state index contributed by atoms with van der Waals surface area (Å²) in [7, 11) is 1.60. The molecule has 0 fully saturated rings. The maximum Gasteiger partial charge on any atom is 0.303 e. The first-order chi connectivity index (χ1) is 12.1. The lowest BCUT2D eigenvalue weighted by Gasteiger charge is -2.09. The quantitative estimate of drug-likeness (QED) is 0.670. The summed E-state index contributed by atoms with van der Waals surface area (Å²) in [5.74, 6) is 1.05. The van der Waals surface area contributed by atoms with Crippen molar-refractivity contribution in [1.29, 1.82) is 0 Å². The van der Waals surface area contributed by atoms with Crippen molar-refractivity contribution < 1.29 is 24.2 Å². The number of carbonyl (C=O) groups is 2. The fraction of sp³-hybridized carbons (Fsp3) is 0.263. The Kier molecular flexibility index (Phi) is 6.83. The van der Waals surface area contributed by atoms with Crippen LogP contribution >= 0.6 is 0 Å². The van der Waals surface area contributed by atoms with E-state index in [9.17, 15) is 9.59 Å². The maximum absolute atomic E-state index is 11.8. The number of carboxylic acid groups (broad SMARTS) is 1. The second-order valence-electron chi connectivity index (χ2n) is 5.45. The van der Waals surface area contributed by atoms with Crippen LogP contribution in [0.2, 0.25) is 0 Å². The molecule has 0 atom stereocenters. The number of anilines is 1. The van der Waals surface area contributed by atoms with E-state index in [-0.39, 0.29) is 12.3 Å². The summed E-state index contributed by atoms with van der Waals surface area (Å²) in [5.41, 5.74) is 0.668. The molecule has 0 radical (unpaired) electrons. The molecule has 0 bridgehead atoms. The van der Waals surface area contributed by atoms with Crippen LogP contribution in [0, 0.1) is 0 Å². The topological polar surface area (TPSA) is 84.9 Å². The van der Waals surface area contributed by atoms with Crippen LogP contribution in [-0.2, 0) is 9.59 Å². The highest BCUT2D eigenvalue weighted by molar-refractivity contribution is 5.90. The molecule has 0 aliphatic rings. The molecule has 132 valence electrons. The van der Waals surface area contributed by atoms with Gasteiger partial charge in [0.15, 0.2) is 0 Å². The molecule has 0 aliphatic heterocycles. The number of ether oxygens (including phenoxy) is 2. The number of carbonyl (C=O) groups excluding carboxylic acids is 1. The Bertz CT molecular complexity index is 712. The van der Waals surface area contributed by atoms with Crippen molar-refractivity contribution in [3.63, 3.8) is 0 Å². The van der Waals surface area contributed by atoms with Gasteiger partial charge in [-0.1, -0.05) is 6.07 Å². The average molecular weight is 343 g/mol. The number of carboxylic acids is 1. The van der Waals surface area contributed by atoms with Crippen LogP contribution in [0.1, 0.15) is 25.7 Å². The van der Waals surface area contributed by atoms with Gasteiger partial charge in [0.25, 0.3) is 0 Å². The van der Waals surface area contributed by atoms with Crippen LogP contribution in [0.3, 0.4) is 0 Å². The molecule has 25 heavy (non-hydrogen) atoms. The fourth-order valence-corrected chi connectivity index (χ4v) is 2.19. The third-order valence-corrected chi connectivity index (χ3v) is 3.46. The lowest BCUT2D eigenvalue weighted by Crippen LogP contribution is -2.11. The predicted molar refractivity (Wildman–Crippen MR) is 94.2 cm³/mol. The third kappa shape index (κ3) is 6.55. The second kappa shape index (κ2) is 9.32. The van der Waals surface area contributed by atoms with Crippen molar-refractivity contribution in [2.75, 3.05) is 12.4 Å². The van der Waals surface area contributed by atoms with E-state index in [1.165, 1.54) is 0 Å². The van der Waals surface area contributed by atoms with Crippen LogP contribution < -0.4 is 14.8 Å². The normalized spacial score (nSPS) is 10.1. The van der Waals surface area contributed by atoms with Gasteiger partial charge in [0.1, 0.15) is 17.2 Å². The minimum absolute atomic E-state index is 0.0869. The number of nitrogens with one attached hydrogen (secondary N) is 1. The van der Waals surface area contributed by atoms with Gasteiger partial charge in [0.05, 0.1) is 7.11 Å². The lowest BCUT2D eigenvalue weighted by molar-refractivity contribution is -0.137. The summed E-state index contributed by atoms with van der Waals surface area (Å²) in [5, 5.41) is 11.3. The Morgan fingerprint density at radius 2 is 1.64 bits per heavy atom. The number of hydrogen-bond donors (Lipinski definition) is 2. The molecule has 0 unspecified atom stereocenters. The van der Waals surface area contributed by atoms with Crippen LogP contribution in [0.25, 0.3) is 0 Å². The molecule has 0 aromatic heterocycles. The Labute approximate surface area is 146 Å². The molecule has 0 saturated carbocycles. The summed E-state index contributed by atoms with van der Waals surface area (Å²) in [6.07, 6.45) is 1.43. The maximum atomic E-state index is 11.8. The van der Waals surface area contributed by atoms with Gasteiger partial charge in [-0.2, -0.15) is 0 Å². The smallest absolute Gasteiger partial charge is 0.303 e. The number of hydrogen-bond acceptors (Lipinski definition) is 4. The highest BCUT2D eigenvalue weighted by Gasteiger charge is 2.05. The predicted octanol–water partition coefficient (Wildman–Crippen LogP) is 4.07. The second-order valence-corrected chi connectivity index (χ2v) is 5.45. The van der Waals surface area contributed by atoms with Gasteiger partial charge < -0.3 is 19.9 Å². The van der Waals surface area contributed by atoms with E-state index in [4.69, 9.17) is 14.6 Å². The SMILES string of the molecule is COc1cccc(Oc2ccc(NC(=O)CCCCC(=O)O)cc2)c1. The zero-order valence-corrected chi connectivity index (χ0v) is 14.0. The highest BCUT2D eigenvalue weighted by atomic mass is 16.5. The van der Waals surface area contributed by atoms with Crippen molar-refractivity contribution in [1.82, 2.24) is 0 Å². The zero-order chi connectivity index (χ0) is 18.1.